The highest BCUT2D eigenvalue weighted by atomic mass is 35.5. The van der Waals surface area contributed by atoms with Gasteiger partial charge in [-0.3, -0.25) is 4.90 Å². The summed E-state index contributed by atoms with van der Waals surface area (Å²) in [6.45, 7) is 4.05. The van der Waals surface area contributed by atoms with Crippen molar-refractivity contribution >= 4 is 59.6 Å². The monoisotopic (exact) mass is 405 g/mol. The van der Waals surface area contributed by atoms with Crippen molar-refractivity contribution < 1.29 is 0 Å². The molecule has 1 N–H and O–H groups in total. The molecule has 8 heteroatoms. The molecule has 0 bridgehead atoms. The second-order valence-corrected chi connectivity index (χ2v) is 6.75. The zero-order chi connectivity index (χ0) is 14.1. The van der Waals surface area contributed by atoms with Gasteiger partial charge in [-0.25, -0.2) is 4.98 Å². The normalized spacial score (nSPS) is 20.0. The van der Waals surface area contributed by atoms with Crippen molar-refractivity contribution in [3.8, 4) is 0 Å². The molecule has 1 aromatic heterocycles. The van der Waals surface area contributed by atoms with Crippen LogP contribution in [0.5, 0.6) is 0 Å². The van der Waals surface area contributed by atoms with Crippen molar-refractivity contribution in [1.82, 2.24) is 15.2 Å². The van der Waals surface area contributed by atoms with E-state index in [9.17, 15) is 0 Å². The van der Waals surface area contributed by atoms with Crippen molar-refractivity contribution in [3.63, 3.8) is 0 Å². The molecule has 0 radical (unpaired) electrons. The number of rotatable bonds is 4. The van der Waals surface area contributed by atoms with E-state index in [0.717, 1.165) is 44.1 Å². The molecule has 2 fully saturated rings. The number of nitrogens with one attached hydrogen (secondary N) is 1. The second kappa shape index (κ2) is 9.12. The van der Waals surface area contributed by atoms with Gasteiger partial charge in [0.05, 0.1) is 10.0 Å². The Balaban J connectivity index is 0.00000121. The fraction of sp³-hybridized carbons (Fsp3) is 0.643. The maximum absolute atomic E-state index is 6.40. The number of piperazine rings is 1. The van der Waals surface area contributed by atoms with Crippen molar-refractivity contribution in [2.24, 2.45) is 5.92 Å². The molecule has 2 heterocycles. The first kappa shape index (κ1) is 20.6. The lowest BCUT2D eigenvalue weighted by atomic mass is 9.99. The minimum absolute atomic E-state index is 0. The van der Waals surface area contributed by atoms with Gasteiger partial charge in [0, 0.05) is 44.0 Å². The molecule has 1 saturated heterocycles. The zero-order valence-electron chi connectivity index (χ0n) is 12.0. The minimum atomic E-state index is 0. The van der Waals surface area contributed by atoms with Gasteiger partial charge in [0.1, 0.15) is 5.15 Å². The molecule has 1 aliphatic heterocycles. The predicted octanol–water partition coefficient (Wildman–Crippen LogP) is 4.63. The molecule has 0 amide bonds. The average Bonchev–Trinajstić information content (AvgIpc) is 3.27. The third kappa shape index (κ3) is 4.76. The Bertz CT molecular complexity index is 490. The van der Waals surface area contributed by atoms with Crippen molar-refractivity contribution in [2.75, 3.05) is 26.2 Å². The molecule has 0 spiro atoms. The van der Waals surface area contributed by atoms with E-state index in [4.69, 9.17) is 34.8 Å². The second-order valence-electron chi connectivity index (χ2n) is 5.61. The van der Waals surface area contributed by atoms with E-state index in [2.05, 4.69) is 15.2 Å². The number of hydrogen-bond donors (Lipinski definition) is 1. The van der Waals surface area contributed by atoms with Crippen molar-refractivity contribution in [1.29, 1.82) is 0 Å². The number of pyridine rings is 1. The highest BCUT2D eigenvalue weighted by molar-refractivity contribution is 6.43. The number of halogens is 5. The van der Waals surface area contributed by atoms with E-state index in [1.54, 1.807) is 6.20 Å². The molecule has 1 aliphatic carbocycles. The lowest BCUT2D eigenvalue weighted by Gasteiger charge is -2.36. The quantitative estimate of drug-likeness (QED) is 0.738. The zero-order valence-corrected chi connectivity index (χ0v) is 15.9. The first-order chi connectivity index (χ1) is 9.66. The van der Waals surface area contributed by atoms with Gasteiger partial charge in [-0.05, 0) is 12.3 Å². The Labute approximate surface area is 158 Å². The number of nitrogens with zero attached hydrogens (tertiary/aromatic N) is 2. The molecule has 3 nitrogen and oxygen atoms in total. The van der Waals surface area contributed by atoms with Crippen LogP contribution >= 0.6 is 59.6 Å². The SMILES string of the molecule is Cl.Cl.Clc1cnc(Cl)c(Cl)c1[C@@H](CC1CC1)N1CCNCC1. The molecule has 1 saturated carbocycles. The van der Waals surface area contributed by atoms with Crippen LogP contribution in [0.1, 0.15) is 30.9 Å². The lowest BCUT2D eigenvalue weighted by molar-refractivity contribution is 0.160. The van der Waals surface area contributed by atoms with Gasteiger partial charge in [0.25, 0.3) is 0 Å². The standard InChI is InChI=1S/C14H18Cl3N3.2ClH/c15-10-8-19-14(17)13(16)12(10)11(7-9-1-2-9)20-5-3-18-4-6-20;;/h8-9,11,18H,1-7H2;2*1H/t11-;;/m1../s1. The van der Waals surface area contributed by atoms with Crippen LogP contribution in [-0.4, -0.2) is 36.1 Å². The molecule has 22 heavy (non-hydrogen) atoms. The Morgan fingerprint density at radius 3 is 2.41 bits per heavy atom. The van der Waals surface area contributed by atoms with E-state index in [0.29, 0.717) is 15.2 Å². The summed E-state index contributed by atoms with van der Waals surface area (Å²) in [6, 6.07) is 0.255. The third-order valence-electron chi connectivity index (χ3n) is 4.15. The van der Waals surface area contributed by atoms with Crippen LogP contribution in [-0.2, 0) is 0 Å². The van der Waals surface area contributed by atoms with Crippen LogP contribution in [0.15, 0.2) is 6.20 Å². The van der Waals surface area contributed by atoms with Crippen LogP contribution in [0.3, 0.4) is 0 Å². The summed E-state index contributed by atoms with van der Waals surface area (Å²) in [5.41, 5.74) is 0.960. The Morgan fingerprint density at radius 2 is 1.82 bits per heavy atom. The van der Waals surface area contributed by atoms with E-state index in [1.807, 2.05) is 0 Å². The summed E-state index contributed by atoms with van der Waals surface area (Å²) in [7, 11) is 0. The molecule has 2 aliphatic rings. The molecule has 126 valence electrons. The highest BCUT2D eigenvalue weighted by Crippen LogP contribution is 2.44. The largest absolute Gasteiger partial charge is 0.314 e. The molecule has 1 aromatic rings. The highest BCUT2D eigenvalue weighted by Gasteiger charge is 2.33. The first-order valence-electron chi connectivity index (χ1n) is 7.11. The van der Waals surface area contributed by atoms with Gasteiger partial charge < -0.3 is 5.32 Å². The summed E-state index contributed by atoms with van der Waals surface area (Å²) >= 11 is 18.9. The summed E-state index contributed by atoms with van der Waals surface area (Å²) in [5, 5.41) is 4.88. The minimum Gasteiger partial charge on any atom is -0.314 e. The predicted molar refractivity (Wildman–Crippen MR) is 98.3 cm³/mol. The average molecular weight is 408 g/mol. The Morgan fingerprint density at radius 1 is 1.18 bits per heavy atom. The van der Waals surface area contributed by atoms with E-state index in [1.165, 1.54) is 12.8 Å². The maximum Gasteiger partial charge on any atom is 0.148 e. The third-order valence-corrected chi connectivity index (χ3v) is 5.21. The summed E-state index contributed by atoms with van der Waals surface area (Å²) in [6.07, 6.45) is 5.36. The summed E-state index contributed by atoms with van der Waals surface area (Å²) in [4.78, 5) is 6.50. The van der Waals surface area contributed by atoms with Gasteiger partial charge in [-0.15, -0.1) is 24.8 Å². The summed E-state index contributed by atoms with van der Waals surface area (Å²) < 4.78 is 0. The van der Waals surface area contributed by atoms with Gasteiger partial charge in [0.15, 0.2) is 0 Å². The smallest absolute Gasteiger partial charge is 0.148 e. The van der Waals surface area contributed by atoms with Crippen molar-refractivity contribution in [3.05, 3.63) is 27.0 Å². The fourth-order valence-electron chi connectivity index (χ4n) is 2.87. The van der Waals surface area contributed by atoms with Crippen LogP contribution in [0.4, 0.5) is 0 Å². The molecular weight excluding hydrogens is 387 g/mol. The number of hydrogen-bond acceptors (Lipinski definition) is 3. The fourth-order valence-corrected chi connectivity index (χ4v) is 3.62. The van der Waals surface area contributed by atoms with Gasteiger partial charge in [0.2, 0.25) is 0 Å². The molecule has 0 unspecified atom stereocenters. The van der Waals surface area contributed by atoms with E-state index >= 15 is 0 Å². The molecule has 3 rings (SSSR count). The first-order valence-corrected chi connectivity index (χ1v) is 8.24. The van der Waals surface area contributed by atoms with Gasteiger partial charge in [-0.1, -0.05) is 47.6 Å². The number of aromatic nitrogens is 1. The molecular formula is C14H20Cl5N3. The van der Waals surface area contributed by atoms with Crippen molar-refractivity contribution in [2.45, 2.75) is 25.3 Å². The van der Waals surface area contributed by atoms with Gasteiger partial charge in [-0.2, -0.15) is 0 Å². The summed E-state index contributed by atoms with van der Waals surface area (Å²) in [5.74, 6) is 0.800. The lowest BCUT2D eigenvalue weighted by Crippen LogP contribution is -2.45. The van der Waals surface area contributed by atoms with E-state index in [-0.39, 0.29) is 30.9 Å². The van der Waals surface area contributed by atoms with Crippen LogP contribution < -0.4 is 5.32 Å². The molecule has 1 atom stereocenters. The topological polar surface area (TPSA) is 28.2 Å². The maximum atomic E-state index is 6.40. The van der Waals surface area contributed by atoms with Crippen LogP contribution in [0.25, 0.3) is 0 Å². The van der Waals surface area contributed by atoms with E-state index < -0.39 is 0 Å². The Kier molecular flexibility index (Phi) is 8.53. The van der Waals surface area contributed by atoms with Gasteiger partial charge >= 0.3 is 0 Å². The van der Waals surface area contributed by atoms with Crippen LogP contribution in [0.2, 0.25) is 15.2 Å². The van der Waals surface area contributed by atoms with Crippen LogP contribution in [0, 0.1) is 5.92 Å². The molecule has 0 aromatic carbocycles. The Hall–Kier alpha value is 0.520.